The Kier molecular flexibility index (Phi) is 6.26. The summed E-state index contributed by atoms with van der Waals surface area (Å²) in [6.07, 6.45) is 4.40. The van der Waals surface area contributed by atoms with Crippen molar-refractivity contribution in [2.24, 2.45) is 5.10 Å². The fraction of sp³-hybridized carbons (Fsp3) is 0.0476. The van der Waals surface area contributed by atoms with E-state index in [9.17, 15) is 14.0 Å². The van der Waals surface area contributed by atoms with Crippen molar-refractivity contribution in [3.8, 4) is 11.5 Å². The van der Waals surface area contributed by atoms with Gasteiger partial charge in [-0.2, -0.15) is 5.10 Å². The van der Waals surface area contributed by atoms with Gasteiger partial charge in [0.05, 0.1) is 24.5 Å². The van der Waals surface area contributed by atoms with Gasteiger partial charge in [-0.25, -0.2) is 14.6 Å². The summed E-state index contributed by atoms with van der Waals surface area (Å²) in [6, 6.07) is 13.2. The van der Waals surface area contributed by atoms with Crippen LogP contribution in [0.1, 0.15) is 26.3 Å². The highest BCUT2D eigenvalue weighted by molar-refractivity contribution is 5.94. The highest BCUT2D eigenvalue weighted by Gasteiger charge is 2.13. The minimum atomic E-state index is -0.715. The molecule has 0 radical (unpaired) electrons. The van der Waals surface area contributed by atoms with Crippen LogP contribution in [-0.4, -0.2) is 30.2 Å². The van der Waals surface area contributed by atoms with E-state index in [1.54, 1.807) is 30.5 Å². The van der Waals surface area contributed by atoms with Gasteiger partial charge in [0.15, 0.2) is 11.5 Å². The Morgan fingerprint density at radius 3 is 2.62 bits per heavy atom. The summed E-state index contributed by atoms with van der Waals surface area (Å²) in [5.41, 5.74) is 3.44. The predicted molar refractivity (Wildman–Crippen MR) is 104 cm³/mol. The van der Waals surface area contributed by atoms with Gasteiger partial charge < -0.3 is 9.47 Å². The maximum Gasteiger partial charge on any atom is 0.343 e. The van der Waals surface area contributed by atoms with Gasteiger partial charge in [-0.05, 0) is 54.1 Å². The molecule has 0 saturated heterocycles. The molecule has 0 aliphatic carbocycles. The highest BCUT2D eigenvalue weighted by Crippen LogP contribution is 2.28. The molecule has 0 bridgehead atoms. The molecule has 0 saturated carbocycles. The number of methoxy groups -OCH3 is 1. The van der Waals surface area contributed by atoms with Crippen LogP contribution >= 0.6 is 0 Å². The van der Waals surface area contributed by atoms with Crippen molar-refractivity contribution in [3.05, 3.63) is 89.5 Å². The number of nitrogens with one attached hydrogen (secondary N) is 1. The second-order valence-corrected chi connectivity index (χ2v) is 5.75. The first kappa shape index (κ1) is 19.7. The van der Waals surface area contributed by atoms with Crippen LogP contribution in [0.4, 0.5) is 4.39 Å². The average Bonchev–Trinajstić information content (AvgIpc) is 2.75. The van der Waals surface area contributed by atoms with E-state index in [1.165, 1.54) is 43.8 Å². The molecule has 1 N–H and O–H groups in total. The first-order chi connectivity index (χ1) is 14.1. The Balaban J connectivity index is 1.68. The normalized spacial score (nSPS) is 10.6. The molecule has 0 aliphatic rings. The lowest BCUT2D eigenvalue weighted by Crippen LogP contribution is -2.17. The number of carbonyl (C=O) groups excluding carboxylic acids is 2. The number of benzene rings is 2. The van der Waals surface area contributed by atoms with Gasteiger partial charge in [0.1, 0.15) is 5.82 Å². The molecule has 0 spiro atoms. The molecule has 0 aliphatic heterocycles. The van der Waals surface area contributed by atoms with Crippen molar-refractivity contribution in [2.75, 3.05) is 7.11 Å². The summed E-state index contributed by atoms with van der Waals surface area (Å²) in [5, 5.41) is 3.88. The zero-order valence-corrected chi connectivity index (χ0v) is 15.3. The van der Waals surface area contributed by atoms with Gasteiger partial charge in [0.25, 0.3) is 5.91 Å². The fourth-order valence-corrected chi connectivity index (χ4v) is 2.35. The van der Waals surface area contributed by atoms with E-state index in [0.29, 0.717) is 11.1 Å². The number of aromatic nitrogens is 1. The molecule has 1 amide bonds. The number of hydrazone groups is 1. The molecule has 8 heteroatoms. The third-order valence-corrected chi connectivity index (χ3v) is 3.75. The number of hydrogen-bond donors (Lipinski definition) is 1. The number of ether oxygens (including phenoxy) is 2. The van der Waals surface area contributed by atoms with Gasteiger partial charge in [0.2, 0.25) is 0 Å². The van der Waals surface area contributed by atoms with E-state index in [-0.39, 0.29) is 17.1 Å². The second-order valence-electron chi connectivity index (χ2n) is 5.75. The number of nitrogens with zero attached hydrogens (tertiary/aromatic N) is 2. The van der Waals surface area contributed by atoms with E-state index in [2.05, 4.69) is 15.5 Å². The standard InChI is InChI=1S/C21H16FN3O4/c1-28-19-10-14(12-24-25-20(26)16-5-3-9-23-13-16)7-8-18(19)29-21(27)15-4-2-6-17(22)11-15/h2-13H,1H3,(H,25,26)/b24-12-. The molecule has 3 rings (SSSR count). The molecular weight excluding hydrogens is 377 g/mol. The zero-order valence-electron chi connectivity index (χ0n) is 15.3. The summed E-state index contributed by atoms with van der Waals surface area (Å²) in [4.78, 5) is 28.0. The average molecular weight is 393 g/mol. The smallest absolute Gasteiger partial charge is 0.343 e. The summed E-state index contributed by atoms with van der Waals surface area (Å²) in [5.74, 6) is -1.21. The largest absolute Gasteiger partial charge is 0.493 e. The van der Waals surface area contributed by atoms with Crippen LogP contribution in [-0.2, 0) is 0 Å². The third kappa shape index (κ3) is 5.23. The Morgan fingerprint density at radius 2 is 1.90 bits per heavy atom. The topological polar surface area (TPSA) is 89.9 Å². The van der Waals surface area contributed by atoms with Crippen molar-refractivity contribution in [1.29, 1.82) is 0 Å². The van der Waals surface area contributed by atoms with Crippen LogP contribution in [0.25, 0.3) is 0 Å². The zero-order chi connectivity index (χ0) is 20.6. The molecule has 3 aromatic rings. The lowest BCUT2D eigenvalue weighted by molar-refractivity contribution is 0.0729. The van der Waals surface area contributed by atoms with Gasteiger partial charge in [-0.15, -0.1) is 0 Å². The second kappa shape index (κ2) is 9.23. The van der Waals surface area contributed by atoms with Gasteiger partial charge in [-0.3, -0.25) is 9.78 Å². The molecule has 7 nitrogen and oxygen atoms in total. The number of amides is 1. The van der Waals surface area contributed by atoms with Gasteiger partial charge in [-0.1, -0.05) is 6.07 Å². The van der Waals surface area contributed by atoms with Crippen LogP contribution in [0.5, 0.6) is 11.5 Å². The Morgan fingerprint density at radius 1 is 1.07 bits per heavy atom. The number of halogens is 1. The monoisotopic (exact) mass is 393 g/mol. The van der Waals surface area contributed by atoms with Crippen molar-refractivity contribution < 1.29 is 23.5 Å². The number of pyridine rings is 1. The predicted octanol–water partition coefficient (Wildman–Crippen LogP) is 3.21. The van der Waals surface area contributed by atoms with E-state index in [1.807, 2.05) is 0 Å². The molecule has 0 fully saturated rings. The molecular formula is C21H16FN3O4. The summed E-state index contributed by atoms with van der Waals surface area (Å²) >= 11 is 0. The van der Waals surface area contributed by atoms with Crippen molar-refractivity contribution in [2.45, 2.75) is 0 Å². The summed E-state index contributed by atoms with van der Waals surface area (Å²) < 4.78 is 23.8. The maximum atomic E-state index is 13.3. The lowest BCUT2D eigenvalue weighted by Gasteiger charge is -2.10. The maximum absolute atomic E-state index is 13.3. The number of rotatable bonds is 6. The quantitative estimate of drug-likeness (QED) is 0.301. The number of hydrogen-bond acceptors (Lipinski definition) is 6. The van der Waals surface area contributed by atoms with E-state index in [0.717, 1.165) is 6.07 Å². The van der Waals surface area contributed by atoms with Gasteiger partial charge in [0, 0.05) is 12.4 Å². The molecule has 29 heavy (non-hydrogen) atoms. The minimum absolute atomic E-state index is 0.0795. The first-order valence-corrected chi connectivity index (χ1v) is 8.46. The van der Waals surface area contributed by atoms with E-state index < -0.39 is 17.7 Å². The molecule has 1 aromatic heterocycles. The van der Waals surface area contributed by atoms with Crippen LogP contribution in [0.3, 0.4) is 0 Å². The third-order valence-electron chi connectivity index (χ3n) is 3.75. The molecule has 0 unspecified atom stereocenters. The van der Waals surface area contributed by atoms with Crippen molar-refractivity contribution in [3.63, 3.8) is 0 Å². The Hall–Kier alpha value is -4.07. The summed E-state index contributed by atoms with van der Waals surface area (Å²) in [6.45, 7) is 0. The number of carbonyl (C=O) groups is 2. The van der Waals surface area contributed by atoms with E-state index in [4.69, 9.17) is 9.47 Å². The Bertz CT molecular complexity index is 1050. The van der Waals surface area contributed by atoms with Crippen molar-refractivity contribution in [1.82, 2.24) is 10.4 Å². The molecule has 1 heterocycles. The fourth-order valence-electron chi connectivity index (χ4n) is 2.35. The molecule has 0 atom stereocenters. The number of esters is 1. The van der Waals surface area contributed by atoms with Crippen LogP contribution in [0.2, 0.25) is 0 Å². The lowest BCUT2D eigenvalue weighted by atomic mass is 10.2. The molecule has 2 aromatic carbocycles. The Labute approximate surface area is 165 Å². The molecule has 146 valence electrons. The van der Waals surface area contributed by atoms with Crippen LogP contribution in [0.15, 0.2) is 72.1 Å². The van der Waals surface area contributed by atoms with Crippen LogP contribution < -0.4 is 14.9 Å². The SMILES string of the molecule is COc1cc(/C=N\NC(=O)c2cccnc2)ccc1OC(=O)c1cccc(F)c1. The minimum Gasteiger partial charge on any atom is -0.493 e. The van der Waals surface area contributed by atoms with E-state index >= 15 is 0 Å². The van der Waals surface area contributed by atoms with Gasteiger partial charge >= 0.3 is 5.97 Å². The summed E-state index contributed by atoms with van der Waals surface area (Å²) in [7, 11) is 1.42. The first-order valence-electron chi connectivity index (χ1n) is 8.46. The van der Waals surface area contributed by atoms with Crippen LogP contribution in [0, 0.1) is 5.82 Å². The highest BCUT2D eigenvalue weighted by atomic mass is 19.1. The van der Waals surface area contributed by atoms with Crippen molar-refractivity contribution >= 4 is 18.1 Å².